The largest absolute Gasteiger partial charge is 0.353 e. The lowest BCUT2D eigenvalue weighted by molar-refractivity contribution is -0.140. The molecule has 1 N–H and O–H groups in total. The van der Waals surface area contributed by atoms with E-state index < -0.39 is 11.6 Å². The van der Waals surface area contributed by atoms with Gasteiger partial charge in [-0.15, -0.1) is 0 Å². The Morgan fingerprint density at radius 3 is 2.68 bits per heavy atom. The van der Waals surface area contributed by atoms with E-state index in [1.54, 1.807) is 11.1 Å². The van der Waals surface area contributed by atoms with Crippen molar-refractivity contribution in [3.05, 3.63) is 24.4 Å². The molecule has 150 valence electrons. The lowest BCUT2D eigenvalue weighted by Gasteiger charge is -2.37. The summed E-state index contributed by atoms with van der Waals surface area (Å²) in [5, 5.41) is 2.91. The second kappa shape index (κ2) is 7.41. The zero-order chi connectivity index (χ0) is 19.7. The van der Waals surface area contributed by atoms with Crippen molar-refractivity contribution in [2.24, 2.45) is 5.92 Å². The van der Waals surface area contributed by atoms with Gasteiger partial charge in [0.1, 0.15) is 17.9 Å². The van der Waals surface area contributed by atoms with Crippen molar-refractivity contribution in [3.8, 4) is 0 Å². The maximum atomic E-state index is 13.0. The Morgan fingerprint density at radius 1 is 1.21 bits per heavy atom. The highest BCUT2D eigenvalue weighted by Gasteiger charge is 2.55. The Bertz CT molecular complexity index is 762. The molecule has 3 heterocycles. The normalized spacial score (nSPS) is 28.0. The molecule has 1 aliphatic carbocycles. The number of amides is 4. The van der Waals surface area contributed by atoms with E-state index in [0.717, 1.165) is 30.0 Å². The van der Waals surface area contributed by atoms with Gasteiger partial charge in [0.05, 0.1) is 0 Å². The predicted molar refractivity (Wildman–Crippen MR) is 104 cm³/mol. The van der Waals surface area contributed by atoms with Gasteiger partial charge in [0, 0.05) is 32.4 Å². The average molecular weight is 385 g/mol. The zero-order valence-corrected chi connectivity index (χ0v) is 16.3. The highest BCUT2D eigenvalue weighted by molar-refractivity contribution is 6.09. The van der Waals surface area contributed by atoms with Crippen molar-refractivity contribution < 1.29 is 14.4 Å². The quantitative estimate of drug-likeness (QED) is 0.791. The summed E-state index contributed by atoms with van der Waals surface area (Å²) in [5.41, 5.74) is -0.812. The average Bonchev–Trinajstić information content (AvgIpc) is 2.96. The van der Waals surface area contributed by atoms with Crippen LogP contribution >= 0.6 is 0 Å². The van der Waals surface area contributed by atoms with Crippen LogP contribution in [0.4, 0.5) is 10.6 Å². The van der Waals surface area contributed by atoms with Gasteiger partial charge in [-0.25, -0.2) is 9.78 Å². The first kappa shape index (κ1) is 18.7. The predicted octanol–water partition coefficient (Wildman–Crippen LogP) is 1.23. The minimum atomic E-state index is -0.812. The third kappa shape index (κ3) is 3.21. The van der Waals surface area contributed by atoms with Gasteiger partial charge < -0.3 is 15.1 Å². The van der Waals surface area contributed by atoms with Crippen LogP contribution in [0.3, 0.4) is 0 Å². The van der Waals surface area contributed by atoms with E-state index in [-0.39, 0.29) is 24.3 Å². The van der Waals surface area contributed by atoms with Gasteiger partial charge in [0.15, 0.2) is 0 Å². The van der Waals surface area contributed by atoms with Crippen LogP contribution in [-0.4, -0.2) is 70.9 Å². The standard InChI is InChI=1S/C20H27N5O3/c1-15-6-2-4-8-20(15)18(27)25(19(28)22-20)14-17(26)24-12-10-23(11-13-24)16-7-3-5-9-21-16/h3,5,7,9,15H,2,4,6,8,10-14H2,1H3,(H,22,28)/t15-,20-/m0/s1. The molecule has 28 heavy (non-hydrogen) atoms. The third-order valence-electron chi connectivity index (χ3n) is 6.40. The Labute approximate surface area is 164 Å². The lowest BCUT2D eigenvalue weighted by atomic mass is 9.73. The minimum Gasteiger partial charge on any atom is -0.353 e. The maximum Gasteiger partial charge on any atom is 0.325 e. The fourth-order valence-electron chi connectivity index (χ4n) is 4.60. The van der Waals surface area contributed by atoms with Crippen LogP contribution in [0.15, 0.2) is 24.4 Å². The molecule has 1 spiro atoms. The number of carbonyl (C=O) groups excluding carboxylic acids is 3. The fourth-order valence-corrected chi connectivity index (χ4v) is 4.60. The number of nitrogens with one attached hydrogen (secondary N) is 1. The van der Waals surface area contributed by atoms with Gasteiger partial charge >= 0.3 is 6.03 Å². The van der Waals surface area contributed by atoms with Crippen molar-refractivity contribution in [1.82, 2.24) is 20.1 Å². The molecule has 0 aromatic carbocycles. The van der Waals surface area contributed by atoms with Gasteiger partial charge in [0.25, 0.3) is 5.91 Å². The van der Waals surface area contributed by atoms with Crippen molar-refractivity contribution in [1.29, 1.82) is 0 Å². The molecule has 4 rings (SSSR count). The van der Waals surface area contributed by atoms with Crippen LogP contribution < -0.4 is 10.2 Å². The second-order valence-electron chi connectivity index (χ2n) is 8.00. The Hall–Kier alpha value is -2.64. The molecule has 1 aromatic heterocycles. The Kier molecular flexibility index (Phi) is 4.95. The van der Waals surface area contributed by atoms with Gasteiger partial charge in [-0.1, -0.05) is 25.8 Å². The van der Waals surface area contributed by atoms with E-state index in [2.05, 4.69) is 15.2 Å². The monoisotopic (exact) mass is 385 g/mol. The molecule has 3 fully saturated rings. The van der Waals surface area contributed by atoms with E-state index in [1.807, 2.05) is 25.1 Å². The molecule has 3 aliphatic rings. The highest BCUT2D eigenvalue weighted by Crippen LogP contribution is 2.38. The molecule has 1 saturated carbocycles. The maximum absolute atomic E-state index is 13.0. The molecule has 2 atom stereocenters. The van der Waals surface area contributed by atoms with Crippen LogP contribution in [0.1, 0.15) is 32.6 Å². The van der Waals surface area contributed by atoms with Gasteiger partial charge in [-0.05, 0) is 30.9 Å². The number of carbonyl (C=O) groups is 3. The highest BCUT2D eigenvalue weighted by atomic mass is 16.2. The van der Waals surface area contributed by atoms with E-state index >= 15 is 0 Å². The molecule has 0 bridgehead atoms. The lowest BCUT2D eigenvalue weighted by Crippen LogP contribution is -2.55. The van der Waals surface area contributed by atoms with E-state index in [1.165, 1.54) is 0 Å². The number of aromatic nitrogens is 1. The van der Waals surface area contributed by atoms with E-state index in [4.69, 9.17) is 0 Å². The van der Waals surface area contributed by atoms with Crippen LogP contribution in [-0.2, 0) is 9.59 Å². The number of rotatable bonds is 3. The van der Waals surface area contributed by atoms with Gasteiger partial charge in [-0.2, -0.15) is 0 Å². The van der Waals surface area contributed by atoms with Crippen molar-refractivity contribution in [2.45, 2.75) is 38.1 Å². The van der Waals surface area contributed by atoms with Crippen molar-refractivity contribution in [3.63, 3.8) is 0 Å². The number of pyridine rings is 1. The summed E-state index contributed by atoms with van der Waals surface area (Å²) in [6.45, 7) is 4.32. The molecule has 8 nitrogen and oxygen atoms in total. The van der Waals surface area contributed by atoms with Crippen LogP contribution in [0.5, 0.6) is 0 Å². The smallest absolute Gasteiger partial charge is 0.325 e. The molecular weight excluding hydrogens is 358 g/mol. The summed E-state index contributed by atoms with van der Waals surface area (Å²) in [5.74, 6) is 0.589. The summed E-state index contributed by atoms with van der Waals surface area (Å²) in [4.78, 5) is 47.6. The first-order valence-corrected chi connectivity index (χ1v) is 10.1. The third-order valence-corrected chi connectivity index (χ3v) is 6.40. The van der Waals surface area contributed by atoms with Crippen LogP contribution in [0.25, 0.3) is 0 Å². The molecule has 8 heteroatoms. The molecule has 1 aromatic rings. The molecule has 0 unspecified atom stereocenters. The minimum absolute atomic E-state index is 0.0970. The van der Waals surface area contributed by atoms with Crippen LogP contribution in [0.2, 0.25) is 0 Å². The van der Waals surface area contributed by atoms with Crippen LogP contribution in [0, 0.1) is 5.92 Å². The topological polar surface area (TPSA) is 85.8 Å². The van der Waals surface area contributed by atoms with Gasteiger partial charge in [0.2, 0.25) is 5.91 Å². The number of nitrogens with zero attached hydrogens (tertiary/aromatic N) is 4. The first-order chi connectivity index (χ1) is 13.5. The molecule has 2 saturated heterocycles. The number of piperazine rings is 1. The number of hydrogen-bond donors (Lipinski definition) is 1. The summed E-state index contributed by atoms with van der Waals surface area (Å²) in [7, 11) is 0. The van der Waals surface area contributed by atoms with Gasteiger partial charge in [-0.3, -0.25) is 14.5 Å². The SMILES string of the molecule is C[C@H]1CCCC[C@]12NC(=O)N(CC(=O)N1CCN(c3ccccn3)CC1)C2=O. The van der Waals surface area contributed by atoms with E-state index in [9.17, 15) is 14.4 Å². The number of hydrogen-bond acceptors (Lipinski definition) is 5. The summed E-state index contributed by atoms with van der Waals surface area (Å²) in [6.07, 6.45) is 5.33. The number of urea groups is 1. The van der Waals surface area contributed by atoms with Crippen molar-refractivity contribution >= 4 is 23.7 Å². The van der Waals surface area contributed by atoms with E-state index in [0.29, 0.717) is 32.6 Å². The zero-order valence-electron chi connectivity index (χ0n) is 16.3. The Balaban J connectivity index is 1.36. The molecular formula is C20H27N5O3. The molecule has 4 amide bonds. The first-order valence-electron chi connectivity index (χ1n) is 10.1. The van der Waals surface area contributed by atoms with Crippen molar-refractivity contribution in [2.75, 3.05) is 37.6 Å². The Morgan fingerprint density at radius 2 is 2.00 bits per heavy atom. The molecule has 0 radical (unpaired) electrons. The summed E-state index contributed by atoms with van der Waals surface area (Å²) < 4.78 is 0. The second-order valence-corrected chi connectivity index (χ2v) is 8.00. The fraction of sp³-hybridized carbons (Fsp3) is 0.600. The number of anilines is 1. The molecule has 2 aliphatic heterocycles. The summed E-state index contributed by atoms with van der Waals surface area (Å²) in [6, 6.07) is 5.34. The number of imide groups is 1. The summed E-state index contributed by atoms with van der Waals surface area (Å²) >= 11 is 0.